The highest BCUT2D eigenvalue weighted by atomic mass is 35.5. The highest BCUT2D eigenvalue weighted by molar-refractivity contribution is 6.32. The zero-order chi connectivity index (χ0) is 24.3. The van der Waals surface area contributed by atoms with Crippen molar-refractivity contribution < 1.29 is 4.79 Å². The van der Waals surface area contributed by atoms with E-state index in [0.29, 0.717) is 11.6 Å². The number of carbonyl (C=O) groups is 1. The number of urea groups is 1. The maximum atomic E-state index is 13.6. The number of hydrogen-bond donors (Lipinski definition) is 1. The molecule has 0 fully saturated rings. The Morgan fingerprint density at radius 1 is 0.941 bits per heavy atom. The van der Waals surface area contributed by atoms with Crippen molar-refractivity contribution in [2.75, 3.05) is 11.9 Å². The average molecular weight is 480 g/mol. The minimum Gasteiger partial charge on any atom is -0.319 e. The summed E-state index contributed by atoms with van der Waals surface area (Å²) in [5.74, 6) is 0. The van der Waals surface area contributed by atoms with E-state index in [0.717, 1.165) is 54.9 Å². The fourth-order valence-electron chi connectivity index (χ4n) is 4.35. The molecule has 0 unspecified atom stereocenters. The number of anilines is 1. The maximum Gasteiger partial charge on any atom is 0.322 e. The molecule has 1 aromatic heterocycles. The van der Waals surface area contributed by atoms with Gasteiger partial charge in [-0.25, -0.2) is 4.79 Å². The number of halogens is 1. The first-order chi connectivity index (χ1) is 16.5. The smallest absolute Gasteiger partial charge is 0.319 e. The van der Waals surface area contributed by atoms with Crippen molar-refractivity contribution in [3.05, 3.63) is 82.6 Å². The van der Waals surface area contributed by atoms with Gasteiger partial charge in [-0.3, -0.25) is 0 Å². The van der Waals surface area contributed by atoms with Crippen LogP contribution in [0.15, 0.2) is 60.8 Å². The lowest BCUT2D eigenvalue weighted by molar-refractivity contribution is 0.206. The Morgan fingerprint density at radius 2 is 1.74 bits per heavy atom. The number of benzene rings is 2. The van der Waals surface area contributed by atoms with Crippen molar-refractivity contribution >= 4 is 23.3 Å². The molecular weight excluding hydrogens is 442 g/mol. The third kappa shape index (κ3) is 6.89. The molecule has 0 saturated heterocycles. The first-order valence-electron chi connectivity index (χ1n) is 12.6. The van der Waals surface area contributed by atoms with Gasteiger partial charge in [0.25, 0.3) is 0 Å². The molecule has 0 spiro atoms. The van der Waals surface area contributed by atoms with Crippen molar-refractivity contribution in [3.63, 3.8) is 0 Å². The average Bonchev–Trinajstić information content (AvgIpc) is 3.28. The number of aromatic nitrogens is 1. The van der Waals surface area contributed by atoms with Gasteiger partial charge in [-0.05, 0) is 55.2 Å². The summed E-state index contributed by atoms with van der Waals surface area (Å²) in [5.41, 5.74) is 5.21. The third-order valence-electron chi connectivity index (χ3n) is 6.23. The van der Waals surface area contributed by atoms with Crippen LogP contribution in [0.1, 0.15) is 69.2 Å². The third-order valence-corrected chi connectivity index (χ3v) is 6.55. The summed E-state index contributed by atoms with van der Waals surface area (Å²) in [6.45, 7) is 7.69. The number of unbranched alkanes of at least 4 members (excludes halogenated alkanes) is 4. The molecule has 34 heavy (non-hydrogen) atoms. The molecule has 4 nitrogen and oxygen atoms in total. The molecule has 0 aliphatic carbocycles. The van der Waals surface area contributed by atoms with E-state index in [1.807, 2.05) is 41.4 Å². The Balaban J connectivity index is 1.82. The summed E-state index contributed by atoms with van der Waals surface area (Å²) in [7, 11) is 0. The lowest BCUT2D eigenvalue weighted by atomic mass is 10.0. The molecular formula is C29H38ClN3O. The molecule has 0 saturated carbocycles. The van der Waals surface area contributed by atoms with E-state index >= 15 is 0 Å². The first-order valence-corrected chi connectivity index (χ1v) is 13.0. The fourth-order valence-corrected chi connectivity index (χ4v) is 4.58. The molecule has 182 valence electrons. The van der Waals surface area contributed by atoms with Crippen LogP contribution in [0.3, 0.4) is 0 Å². The van der Waals surface area contributed by atoms with Crippen LogP contribution in [-0.4, -0.2) is 22.0 Å². The predicted octanol–water partition coefficient (Wildman–Crippen LogP) is 8.40. The van der Waals surface area contributed by atoms with Crippen molar-refractivity contribution in [1.29, 1.82) is 0 Å². The van der Waals surface area contributed by atoms with Crippen LogP contribution in [0, 0.1) is 6.92 Å². The largest absolute Gasteiger partial charge is 0.322 e. The summed E-state index contributed by atoms with van der Waals surface area (Å²) in [5, 5.41) is 3.94. The van der Waals surface area contributed by atoms with E-state index < -0.39 is 0 Å². The number of aryl methyl sites for hydroxylation is 2. The molecule has 1 N–H and O–H groups in total. The van der Waals surface area contributed by atoms with Crippen LogP contribution in [0.2, 0.25) is 5.02 Å². The number of carbonyl (C=O) groups excluding carboxylic acids is 1. The van der Waals surface area contributed by atoms with Crippen LogP contribution < -0.4 is 5.32 Å². The summed E-state index contributed by atoms with van der Waals surface area (Å²) in [6, 6.07) is 18.1. The quantitative estimate of drug-likeness (QED) is 0.260. The molecule has 0 aliphatic rings. The molecule has 2 aromatic carbocycles. The van der Waals surface area contributed by atoms with E-state index in [1.165, 1.54) is 24.8 Å². The van der Waals surface area contributed by atoms with E-state index in [9.17, 15) is 4.79 Å². The number of rotatable bonds is 12. The topological polar surface area (TPSA) is 37.3 Å². The van der Waals surface area contributed by atoms with E-state index in [2.05, 4.69) is 54.9 Å². The zero-order valence-electron chi connectivity index (χ0n) is 20.8. The van der Waals surface area contributed by atoms with Gasteiger partial charge in [-0.15, -0.1) is 0 Å². The Hall–Kier alpha value is -2.72. The van der Waals surface area contributed by atoms with Crippen LogP contribution >= 0.6 is 11.6 Å². The Bertz CT molecular complexity index is 1060. The molecule has 0 aliphatic heterocycles. The standard InChI is InChI=1S/C29H38ClN3O/c1-4-6-7-8-11-20-32(29(34)31-28-23(3)15-12-16-24(28)14-5-2)22-25-17-13-21-33(25)27-19-10-9-18-26(27)30/h9-10,12-13,15-19,21H,4-8,11,14,20,22H2,1-3H3,(H,31,34). The normalized spacial score (nSPS) is 10.9. The SMILES string of the molecule is CCCCCCCN(Cc1cccn1-c1ccccc1Cl)C(=O)Nc1c(C)cccc1CCC. The molecule has 0 bridgehead atoms. The van der Waals surface area contributed by atoms with Crippen molar-refractivity contribution in [3.8, 4) is 5.69 Å². The van der Waals surface area contributed by atoms with Crippen molar-refractivity contribution in [2.24, 2.45) is 0 Å². The van der Waals surface area contributed by atoms with E-state index in [4.69, 9.17) is 11.6 Å². The number of nitrogens with one attached hydrogen (secondary N) is 1. The first kappa shape index (κ1) is 25.9. The second-order valence-electron chi connectivity index (χ2n) is 8.95. The Labute approximate surface area is 209 Å². The number of para-hydroxylation sites is 2. The molecule has 0 atom stereocenters. The Morgan fingerprint density at radius 3 is 2.50 bits per heavy atom. The lowest BCUT2D eigenvalue weighted by Crippen LogP contribution is -2.36. The molecule has 5 heteroatoms. The highest BCUT2D eigenvalue weighted by Crippen LogP contribution is 2.25. The molecule has 3 rings (SSSR count). The van der Waals surface area contributed by atoms with Crippen LogP contribution in [0.4, 0.5) is 10.5 Å². The molecule has 2 amide bonds. The molecule has 3 aromatic rings. The predicted molar refractivity (Wildman–Crippen MR) is 144 cm³/mol. The summed E-state index contributed by atoms with van der Waals surface area (Å²) in [6.07, 6.45) is 9.79. The van der Waals surface area contributed by atoms with Crippen LogP contribution in [-0.2, 0) is 13.0 Å². The summed E-state index contributed by atoms with van der Waals surface area (Å²) < 4.78 is 2.08. The highest BCUT2D eigenvalue weighted by Gasteiger charge is 2.19. The van der Waals surface area contributed by atoms with Gasteiger partial charge < -0.3 is 14.8 Å². The molecule has 1 heterocycles. The number of nitrogens with zero attached hydrogens (tertiary/aromatic N) is 2. The Kier molecular flexibility index (Phi) is 10.1. The summed E-state index contributed by atoms with van der Waals surface area (Å²) in [4.78, 5) is 15.5. The maximum absolute atomic E-state index is 13.6. The molecule has 0 radical (unpaired) electrons. The fraction of sp³-hybridized carbons (Fsp3) is 0.414. The number of hydrogen-bond acceptors (Lipinski definition) is 1. The van der Waals surface area contributed by atoms with Gasteiger partial charge in [0.2, 0.25) is 0 Å². The monoisotopic (exact) mass is 479 g/mol. The van der Waals surface area contributed by atoms with E-state index in [-0.39, 0.29) is 6.03 Å². The lowest BCUT2D eigenvalue weighted by Gasteiger charge is -2.25. The van der Waals surface area contributed by atoms with Crippen LogP contribution in [0.5, 0.6) is 0 Å². The van der Waals surface area contributed by atoms with Gasteiger partial charge in [-0.2, -0.15) is 0 Å². The van der Waals surface area contributed by atoms with Gasteiger partial charge in [0, 0.05) is 24.1 Å². The minimum absolute atomic E-state index is 0.0472. The van der Waals surface area contributed by atoms with Gasteiger partial charge >= 0.3 is 6.03 Å². The second kappa shape index (κ2) is 13.2. The van der Waals surface area contributed by atoms with Gasteiger partial charge in [0.1, 0.15) is 0 Å². The van der Waals surface area contributed by atoms with E-state index in [1.54, 1.807) is 0 Å². The van der Waals surface area contributed by atoms with Gasteiger partial charge in [-0.1, -0.05) is 87.9 Å². The van der Waals surface area contributed by atoms with Gasteiger partial charge in [0.15, 0.2) is 0 Å². The second-order valence-corrected chi connectivity index (χ2v) is 9.35. The van der Waals surface area contributed by atoms with Gasteiger partial charge in [0.05, 0.1) is 17.3 Å². The van der Waals surface area contributed by atoms with Crippen molar-refractivity contribution in [2.45, 2.75) is 72.3 Å². The minimum atomic E-state index is -0.0472. The van der Waals surface area contributed by atoms with Crippen molar-refractivity contribution in [1.82, 2.24) is 9.47 Å². The summed E-state index contributed by atoms with van der Waals surface area (Å²) >= 11 is 6.48. The zero-order valence-corrected chi connectivity index (χ0v) is 21.6. The van der Waals surface area contributed by atoms with Crippen LogP contribution in [0.25, 0.3) is 5.69 Å². The number of amides is 2.